The van der Waals surface area contributed by atoms with Crippen LogP contribution in [-0.4, -0.2) is 18.1 Å². The van der Waals surface area contributed by atoms with Gasteiger partial charge in [0.2, 0.25) is 0 Å². The second-order valence-corrected chi connectivity index (χ2v) is 5.41. The lowest BCUT2D eigenvalue weighted by Crippen LogP contribution is -2.14. The predicted molar refractivity (Wildman–Crippen MR) is 63.1 cm³/mol. The minimum atomic E-state index is -3.59. The third-order valence-corrected chi connectivity index (χ3v) is 4.21. The summed E-state index contributed by atoms with van der Waals surface area (Å²) in [7, 11) is -3.59. The van der Waals surface area contributed by atoms with E-state index in [1.54, 1.807) is 13.8 Å². The fraction of sp³-hybridized carbons (Fsp3) is 0.556. The third kappa shape index (κ3) is 3.17. The molecule has 1 rings (SSSR count). The van der Waals surface area contributed by atoms with E-state index < -0.39 is 24.2 Å². The Kier molecular flexibility index (Phi) is 5.03. The van der Waals surface area contributed by atoms with Gasteiger partial charge in [-0.25, -0.2) is 0 Å². The van der Waals surface area contributed by atoms with E-state index in [-0.39, 0.29) is 19.0 Å². The molecule has 0 aliphatic heterocycles. The van der Waals surface area contributed by atoms with E-state index in [2.05, 4.69) is 0 Å². The second-order valence-electron chi connectivity index (χ2n) is 3.25. The normalized spacial score (nSPS) is 13.5. The fourth-order valence-electron chi connectivity index (χ4n) is 1.31. The number of rotatable bonds is 7. The molecule has 0 amide bonds. The molecule has 1 heterocycles. The molecule has 18 heavy (non-hydrogen) atoms. The van der Waals surface area contributed by atoms with Crippen LogP contribution in [0.2, 0.25) is 0 Å². The van der Waals surface area contributed by atoms with Gasteiger partial charge in [0.25, 0.3) is 0 Å². The first-order valence-corrected chi connectivity index (χ1v) is 6.94. The molecular weight excluding hydrogens is 263 g/mol. The van der Waals surface area contributed by atoms with Crippen LogP contribution in [0.5, 0.6) is 0 Å². The molecule has 1 aromatic rings. The second kappa shape index (κ2) is 6.10. The Balaban J connectivity index is 2.97. The first-order chi connectivity index (χ1) is 8.44. The van der Waals surface area contributed by atoms with Gasteiger partial charge in [0.1, 0.15) is 10.7 Å². The summed E-state index contributed by atoms with van der Waals surface area (Å²) in [6, 6.07) is 2.42. The molecule has 0 aromatic carbocycles. The highest BCUT2D eigenvalue weighted by Crippen LogP contribution is 2.58. The van der Waals surface area contributed by atoms with Crippen LogP contribution in [0.25, 0.3) is 0 Å². The van der Waals surface area contributed by atoms with Crippen LogP contribution >= 0.6 is 7.60 Å². The Morgan fingerprint density at radius 3 is 2.39 bits per heavy atom. The van der Waals surface area contributed by atoms with Crippen molar-refractivity contribution >= 4 is 13.5 Å². The van der Waals surface area contributed by atoms with Crippen molar-refractivity contribution < 1.29 is 23.0 Å². The van der Waals surface area contributed by atoms with E-state index in [0.29, 0.717) is 0 Å². The van der Waals surface area contributed by atoms with Gasteiger partial charge in [0, 0.05) is 0 Å². The molecule has 0 spiro atoms. The molecule has 102 valence electrons. The van der Waals surface area contributed by atoms with Gasteiger partial charge in [0.15, 0.2) is 5.78 Å². The fourth-order valence-corrected chi connectivity index (χ4v) is 2.88. The van der Waals surface area contributed by atoms with Crippen LogP contribution in [0.3, 0.4) is 0 Å². The van der Waals surface area contributed by atoms with Crippen molar-refractivity contribution in [2.45, 2.75) is 19.6 Å². The van der Waals surface area contributed by atoms with Gasteiger partial charge in [-0.15, -0.1) is 0 Å². The lowest BCUT2D eigenvalue weighted by Gasteiger charge is -2.21. The van der Waals surface area contributed by atoms with Gasteiger partial charge < -0.3 is 19.2 Å². The molecule has 0 saturated heterocycles. The third-order valence-electron chi connectivity index (χ3n) is 2.04. The molecule has 0 unspecified atom stereocenters. The number of nitro groups is 1. The summed E-state index contributed by atoms with van der Waals surface area (Å²) in [5.74, 6) is -1.67. The molecule has 8 nitrogen and oxygen atoms in total. The monoisotopic (exact) mass is 278 g/mol. The standard InChI is InChI=1S/C9H15N2O6P/c1-3-15-18(14,16-4-2)9(10)7-5-6-8(17-7)11(12)13/h5-6,9H,3-4,10H2,1-2H3/t9-/m1/s1. The summed E-state index contributed by atoms with van der Waals surface area (Å²) in [4.78, 5) is 9.77. The van der Waals surface area contributed by atoms with Crippen LogP contribution in [0.4, 0.5) is 5.88 Å². The Morgan fingerprint density at radius 1 is 1.44 bits per heavy atom. The molecule has 1 atom stereocenters. The first-order valence-electron chi connectivity index (χ1n) is 5.33. The lowest BCUT2D eigenvalue weighted by molar-refractivity contribution is -0.402. The average Bonchev–Trinajstić information content (AvgIpc) is 2.77. The van der Waals surface area contributed by atoms with Crippen molar-refractivity contribution in [2.75, 3.05) is 13.2 Å². The molecule has 1 aromatic heterocycles. The first kappa shape index (κ1) is 14.8. The Labute approximate surface area is 104 Å². The van der Waals surface area contributed by atoms with E-state index in [1.165, 1.54) is 6.07 Å². The molecule has 0 saturated carbocycles. The van der Waals surface area contributed by atoms with E-state index in [9.17, 15) is 14.7 Å². The molecule has 0 aliphatic rings. The zero-order chi connectivity index (χ0) is 13.8. The summed E-state index contributed by atoms with van der Waals surface area (Å²) < 4.78 is 27.3. The topological polar surface area (TPSA) is 118 Å². The maximum Gasteiger partial charge on any atom is 0.433 e. The molecule has 0 radical (unpaired) electrons. The SMILES string of the molecule is CCOP(=O)(OCC)[C@@H](N)c1ccc([N+](=O)[O-])o1. The zero-order valence-electron chi connectivity index (χ0n) is 10.1. The average molecular weight is 278 g/mol. The number of hydrogen-bond donors (Lipinski definition) is 1. The van der Waals surface area contributed by atoms with Crippen molar-refractivity contribution in [3.8, 4) is 0 Å². The van der Waals surface area contributed by atoms with E-state index in [1.807, 2.05) is 0 Å². The van der Waals surface area contributed by atoms with Gasteiger partial charge in [-0.2, -0.15) is 0 Å². The quantitative estimate of drug-likeness (QED) is 0.462. The Hall–Kier alpha value is -1.21. The predicted octanol–water partition coefficient (Wildman–Crippen LogP) is 2.41. The molecular formula is C9H15N2O6P. The van der Waals surface area contributed by atoms with Crippen molar-refractivity contribution in [1.29, 1.82) is 0 Å². The highest BCUT2D eigenvalue weighted by Gasteiger charge is 2.37. The van der Waals surface area contributed by atoms with E-state index >= 15 is 0 Å². The van der Waals surface area contributed by atoms with Gasteiger partial charge >= 0.3 is 13.5 Å². The molecule has 2 N–H and O–H groups in total. The summed E-state index contributed by atoms with van der Waals surface area (Å²) in [6.45, 7) is 3.58. The summed E-state index contributed by atoms with van der Waals surface area (Å²) >= 11 is 0. The minimum absolute atomic E-state index is 0.00747. The van der Waals surface area contributed by atoms with Crippen molar-refractivity contribution in [2.24, 2.45) is 5.73 Å². The zero-order valence-corrected chi connectivity index (χ0v) is 11.0. The van der Waals surface area contributed by atoms with Gasteiger partial charge in [-0.1, -0.05) is 0 Å². The maximum atomic E-state index is 12.3. The maximum absolute atomic E-state index is 12.3. The lowest BCUT2D eigenvalue weighted by atomic mass is 10.4. The Bertz CT molecular complexity index is 450. The largest absolute Gasteiger partial charge is 0.433 e. The molecule has 0 aliphatic carbocycles. The number of furan rings is 1. The van der Waals surface area contributed by atoms with Crippen LogP contribution in [0.1, 0.15) is 25.4 Å². The summed E-state index contributed by atoms with van der Waals surface area (Å²) in [5.41, 5.74) is 5.73. The van der Waals surface area contributed by atoms with E-state index in [0.717, 1.165) is 6.07 Å². The number of hydrogen-bond acceptors (Lipinski definition) is 7. The van der Waals surface area contributed by atoms with Crippen molar-refractivity contribution in [3.05, 3.63) is 28.0 Å². The van der Waals surface area contributed by atoms with Crippen LogP contribution in [-0.2, 0) is 13.6 Å². The van der Waals surface area contributed by atoms with Crippen LogP contribution < -0.4 is 5.73 Å². The van der Waals surface area contributed by atoms with Gasteiger partial charge in [-0.05, 0) is 19.9 Å². The Morgan fingerprint density at radius 2 is 2.00 bits per heavy atom. The highest BCUT2D eigenvalue weighted by atomic mass is 31.2. The van der Waals surface area contributed by atoms with Crippen LogP contribution in [0, 0.1) is 10.1 Å². The smallest absolute Gasteiger partial charge is 0.403 e. The highest BCUT2D eigenvalue weighted by molar-refractivity contribution is 7.54. The number of nitrogens with zero attached hydrogens (tertiary/aromatic N) is 1. The van der Waals surface area contributed by atoms with Crippen molar-refractivity contribution in [3.63, 3.8) is 0 Å². The minimum Gasteiger partial charge on any atom is -0.403 e. The van der Waals surface area contributed by atoms with Gasteiger partial charge in [0.05, 0.1) is 19.3 Å². The molecule has 9 heteroatoms. The molecule has 0 fully saturated rings. The van der Waals surface area contributed by atoms with Gasteiger partial charge in [-0.3, -0.25) is 14.7 Å². The van der Waals surface area contributed by atoms with E-state index in [4.69, 9.17) is 19.2 Å². The summed E-state index contributed by atoms with van der Waals surface area (Å²) in [5, 5.41) is 10.5. The summed E-state index contributed by atoms with van der Waals surface area (Å²) in [6.07, 6.45) is 0. The van der Waals surface area contributed by atoms with Crippen molar-refractivity contribution in [1.82, 2.24) is 0 Å². The number of nitrogens with two attached hydrogens (primary N) is 1. The molecule has 0 bridgehead atoms. The van der Waals surface area contributed by atoms with Crippen LogP contribution in [0.15, 0.2) is 16.5 Å².